The molecule has 126 valence electrons. The molecule has 24 heavy (non-hydrogen) atoms. The summed E-state index contributed by atoms with van der Waals surface area (Å²) >= 11 is 0. The summed E-state index contributed by atoms with van der Waals surface area (Å²) in [6.45, 7) is 1.96. The van der Waals surface area contributed by atoms with Crippen molar-refractivity contribution in [3.8, 4) is 0 Å². The fourth-order valence-electron chi connectivity index (χ4n) is 3.80. The zero-order valence-electron chi connectivity index (χ0n) is 13.9. The van der Waals surface area contributed by atoms with Gasteiger partial charge in [-0.2, -0.15) is 0 Å². The average molecular weight is 326 g/mol. The molecule has 1 N–H and O–H groups in total. The summed E-state index contributed by atoms with van der Waals surface area (Å²) in [7, 11) is 0. The lowest BCUT2D eigenvalue weighted by Crippen LogP contribution is -2.37. The molecule has 2 aliphatic rings. The zero-order valence-corrected chi connectivity index (χ0v) is 13.9. The van der Waals surface area contributed by atoms with Crippen molar-refractivity contribution >= 4 is 17.3 Å². The first-order valence-electron chi connectivity index (χ1n) is 8.56. The summed E-state index contributed by atoms with van der Waals surface area (Å²) < 4.78 is 0. The molecule has 3 rings (SSSR count). The Kier molecular flexibility index (Phi) is 4.65. The van der Waals surface area contributed by atoms with Crippen LogP contribution in [-0.2, 0) is 14.4 Å². The first kappa shape index (κ1) is 16.6. The van der Waals surface area contributed by atoms with E-state index in [0.717, 1.165) is 11.1 Å². The van der Waals surface area contributed by atoms with Crippen LogP contribution in [0, 0.1) is 12.8 Å². The molecule has 0 amide bonds. The molecule has 0 unspecified atom stereocenters. The number of ketones is 3. The predicted molar refractivity (Wildman–Crippen MR) is 89.8 cm³/mol. The molecule has 0 bridgehead atoms. The SMILES string of the molecule is Cc1ccc([C@H](C2=C(O)CCCC2=O)C2C(=O)CCCC2=O)cc1. The number of aliphatic hydroxyl groups is 1. The highest BCUT2D eigenvalue weighted by molar-refractivity contribution is 6.08. The molecule has 1 saturated carbocycles. The summed E-state index contributed by atoms with van der Waals surface area (Å²) in [5.41, 5.74) is 2.09. The van der Waals surface area contributed by atoms with Gasteiger partial charge in [0.25, 0.3) is 0 Å². The Balaban J connectivity index is 2.13. The van der Waals surface area contributed by atoms with Gasteiger partial charge in [0.15, 0.2) is 5.78 Å². The number of rotatable bonds is 3. The summed E-state index contributed by atoms with van der Waals surface area (Å²) in [6, 6.07) is 7.53. The van der Waals surface area contributed by atoms with E-state index in [-0.39, 0.29) is 28.7 Å². The highest BCUT2D eigenvalue weighted by Gasteiger charge is 2.42. The minimum atomic E-state index is -0.847. The molecular weight excluding hydrogens is 304 g/mol. The first-order chi connectivity index (χ1) is 11.5. The fourth-order valence-corrected chi connectivity index (χ4v) is 3.80. The van der Waals surface area contributed by atoms with Crippen molar-refractivity contribution in [2.75, 3.05) is 0 Å². The minimum absolute atomic E-state index is 0.0444. The molecular formula is C20H22O4. The molecule has 4 nitrogen and oxygen atoms in total. The molecule has 4 heteroatoms. The van der Waals surface area contributed by atoms with Crippen molar-refractivity contribution in [1.29, 1.82) is 0 Å². The fraction of sp³-hybridized carbons (Fsp3) is 0.450. The largest absolute Gasteiger partial charge is 0.512 e. The number of aryl methyl sites for hydroxylation is 1. The van der Waals surface area contributed by atoms with Crippen molar-refractivity contribution in [2.45, 2.75) is 51.4 Å². The second-order valence-electron chi connectivity index (χ2n) is 6.79. The summed E-state index contributed by atoms with van der Waals surface area (Å²) in [6.07, 6.45) is 2.70. The monoisotopic (exact) mass is 326 g/mol. The van der Waals surface area contributed by atoms with E-state index >= 15 is 0 Å². The molecule has 2 aliphatic carbocycles. The van der Waals surface area contributed by atoms with Crippen LogP contribution in [0.4, 0.5) is 0 Å². The van der Waals surface area contributed by atoms with Crippen molar-refractivity contribution < 1.29 is 19.5 Å². The van der Waals surface area contributed by atoms with Gasteiger partial charge in [-0.25, -0.2) is 0 Å². The number of benzene rings is 1. The maximum atomic E-state index is 12.5. The minimum Gasteiger partial charge on any atom is -0.512 e. The quantitative estimate of drug-likeness (QED) is 0.862. The van der Waals surface area contributed by atoms with Crippen LogP contribution in [0.2, 0.25) is 0 Å². The number of hydrogen-bond acceptors (Lipinski definition) is 4. The van der Waals surface area contributed by atoms with E-state index in [4.69, 9.17) is 0 Å². The maximum absolute atomic E-state index is 12.5. The highest BCUT2D eigenvalue weighted by Crippen LogP contribution is 2.41. The van der Waals surface area contributed by atoms with E-state index in [1.54, 1.807) is 0 Å². The van der Waals surface area contributed by atoms with Crippen LogP contribution in [0.15, 0.2) is 35.6 Å². The van der Waals surface area contributed by atoms with Gasteiger partial charge in [0.05, 0.1) is 11.7 Å². The van der Waals surface area contributed by atoms with Gasteiger partial charge in [-0.15, -0.1) is 0 Å². The summed E-state index contributed by atoms with van der Waals surface area (Å²) in [4.78, 5) is 37.5. The van der Waals surface area contributed by atoms with Gasteiger partial charge < -0.3 is 5.11 Å². The Bertz CT molecular complexity index is 696. The molecule has 1 fully saturated rings. The Labute approximate surface area is 141 Å². The van der Waals surface area contributed by atoms with Gasteiger partial charge in [0.1, 0.15) is 11.6 Å². The number of carbonyl (C=O) groups excluding carboxylic acids is 3. The van der Waals surface area contributed by atoms with Crippen LogP contribution in [0.3, 0.4) is 0 Å². The van der Waals surface area contributed by atoms with Crippen LogP contribution < -0.4 is 0 Å². The van der Waals surface area contributed by atoms with Gasteiger partial charge in [-0.1, -0.05) is 29.8 Å². The van der Waals surface area contributed by atoms with Crippen LogP contribution in [0.25, 0.3) is 0 Å². The van der Waals surface area contributed by atoms with E-state index in [0.29, 0.717) is 38.5 Å². The number of allylic oxidation sites excluding steroid dienone is 2. The third kappa shape index (κ3) is 3.05. The highest BCUT2D eigenvalue weighted by atomic mass is 16.3. The third-order valence-corrected chi connectivity index (χ3v) is 5.05. The summed E-state index contributed by atoms with van der Waals surface area (Å²) in [5, 5.41) is 10.4. The van der Waals surface area contributed by atoms with Gasteiger partial charge in [-0.05, 0) is 25.3 Å². The molecule has 1 aromatic rings. The van der Waals surface area contributed by atoms with E-state index in [1.807, 2.05) is 31.2 Å². The van der Waals surface area contributed by atoms with Gasteiger partial charge in [0.2, 0.25) is 0 Å². The molecule has 1 atom stereocenters. The van der Waals surface area contributed by atoms with E-state index < -0.39 is 11.8 Å². The van der Waals surface area contributed by atoms with Crippen LogP contribution in [-0.4, -0.2) is 22.5 Å². The van der Waals surface area contributed by atoms with Gasteiger partial charge >= 0.3 is 0 Å². The molecule has 0 spiro atoms. The topological polar surface area (TPSA) is 71.4 Å². The Morgan fingerprint density at radius 2 is 1.50 bits per heavy atom. The average Bonchev–Trinajstić information content (AvgIpc) is 2.54. The number of Topliss-reactive ketones (excluding diaryl/α,β-unsaturated/α-hetero) is 3. The first-order valence-corrected chi connectivity index (χ1v) is 8.56. The standard InChI is InChI=1S/C20H22O4/c1-12-8-10-13(11-9-12)18(19-14(21)4-2-5-15(19)22)20-16(23)6-3-7-17(20)24/h8-11,18-19,23H,2-7H2,1H3/t18-/m0/s1. The zero-order chi connectivity index (χ0) is 17.3. The van der Waals surface area contributed by atoms with Crippen LogP contribution in [0.1, 0.15) is 55.6 Å². The maximum Gasteiger partial charge on any atom is 0.162 e. The third-order valence-electron chi connectivity index (χ3n) is 5.05. The van der Waals surface area contributed by atoms with E-state index in [1.165, 1.54) is 0 Å². The van der Waals surface area contributed by atoms with Crippen molar-refractivity contribution in [3.63, 3.8) is 0 Å². The number of carbonyl (C=O) groups is 3. The lowest BCUT2D eigenvalue weighted by atomic mass is 9.69. The molecule has 1 aromatic carbocycles. The molecule has 0 aliphatic heterocycles. The molecule has 0 heterocycles. The second-order valence-corrected chi connectivity index (χ2v) is 6.79. The summed E-state index contributed by atoms with van der Waals surface area (Å²) in [5.74, 6) is -1.83. The van der Waals surface area contributed by atoms with Crippen molar-refractivity contribution in [2.24, 2.45) is 5.92 Å². The van der Waals surface area contributed by atoms with Crippen molar-refractivity contribution in [3.05, 3.63) is 46.7 Å². The van der Waals surface area contributed by atoms with Crippen LogP contribution in [0.5, 0.6) is 0 Å². The van der Waals surface area contributed by atoms with Gasteiger partial charge in [-0.3, -0.25) is 14.4 Å². The Morgan fingerprint density at radius 3 is 2.08 bits per heavy atom. The second kappa shape index (κ2) is 6.71. The Morgan fingerprint density at radius 1 is 0.917 bits per heavy atom. The molecule has 0 saturated heterocycles. The van der Waals surface area contributed by atoms with E-state index in [9.17, 15) is 19.5 Å². The predicted octanol–water partition coefficient (Wildman–Crippen LogP) is 3.58. The van der Waals surface area contributed by atoms with E-state index in [2.05, 4.69) is 0 Å². The van der Waals surface area contributed by atoms with Crippen molar-refractivity contribution in [1.82, 2.24) is 0 Å². The molecule has 0 aromatic heterocycles. The number of aliphatic hydroxyl groups excluding tert-OH is 1. The normalized spacial score (nSPS) is 21.3. The molecule has 0 radical (unpaired) electrons. The lowest BCUT2D eigenvalue weighted by molar-refractivity contribution is -0.136. The lowest BCUT2D eigenvalue weighted by Gasteiger charge is -2.31. The van der Waals surface area contributed by atoms with Crippen LogP contribution >= 0.6 is 0 Å². The van der Waals surface area contributed by atoms with Gasteiger partial charge in [0, 0.05) is 37.2 Å². The smallest absolute Gasteiger partial charge is 0.162 e. The Hall–Kier alpha value is -2.23. The number of hydrogen-bond donors (Lipinski definition) is 1.